The molecule has 3 amide bonds. The van der Waals surface area contributed by atoms with Crippen LogP contribution in [-0.4, -0.2) is 36.0 Å². The SMILES string of the molecule is C[C@@H](C(=O)N[C@@H]1CCN(C(N)=O)C1)c1ccc(Cl)c(Cl)c1. The minimum Gasteiger partial charge on any atom is -0.351 e. The molecule has 0 radical (unpaired) electrons. The maximum Gasteiger partial charge on any atom is 0.314 e. The van der Waals surface area contributed by atoms with E-state index < -0.39 is 6.03 Å². The van der Waals surface area contributed by atoms with Gasteiger partial charge in [-0.3, -0.25) is 4.79 Å². The van der Waals surface area contributed by atoms with Crippen molar-refractivity contribution in [2.45, 2.75) is 25.3 Å². The number of nitrogens with zero attached hydrogens (tertiary/aromatic N) is 1. The topological polar surface area (TPSA) is 75.4 Å². The molecule has 0 saturated carbocycles. The number of likely N-dealkylation sites (tertiary alicyclic amines) is 1. The Balaban J connectivity index is 1.97. The first-order valence-electron chi connectivity index (χ1n) is 6.68. The predicted molar refractivity (Wildman–Crippen MR) is 82.6 cm³/mol. The maximum atomic E-state index is 12.3. The molecule has 3 N–H and O–H groups in total. The molecule has 114 valence electrons. The average molecular weight is 330 g/mol. The van der Waals surface area contributed by atoms with E-state index in [1.807, 2.05) is 0 Å². The summed E-state index contributed by atoms with van der Waals surface area (Å²) in [6.45, 7) is 2.83. The van der Waals surface area contributed by atoms with Gasteiger partial charge in [0.1, 0.15) is 0 Å². The number of carbonyl (C=O) groups excluding carboxylic acids is 2. The third-order valence-electron chi connectivity index (χ3n) is 3.68. The fourth-order valence-electron chi connectivity index (χ4n) is 2.34. The van der Waals surface area contributed by atoms with E-state index >= 15 is 0 Å². The molecule has 7 heteroatoms. The molecule has 1 aromatic rings. The Morgan fingerprint density at radius 1 is 1.38 bits per heavy atom. The first-order chi connectivity index (χ1) is 9.88. The number of carbonyl (C=O) groups is 2. The van der Waals surface area contributed by atoms with Gasteiger partial charge in [0.25, 0.3) is 0 Å². The summed E-state index contributed by atoms with van der Waals surface area (Å²) in [7, 11) is 0. The predicted octanol–water partition coefficient (Wildman–Crippen LogP) is 2.37. The number of hydrogen-bond donors (Lipinski definition) is 2. The molecule has 1 heterocycles. The second-order valence-electron chi connectivity index (χ2n) is 5.17. The van der Waals surface area contributed by atoms with Crippen molar-refractivity contribution in [1.29, 1.82) is 0 Å². The van der Waals surface area contributed by atoms with Gasteiger partial charge >= 0.3 is 6.03 Å². The molecule has 0 bridgehead atoms. The Labute approximate surface area is 133 Å². The van der Waals surface area contributed by atoms with E-state index in [2.05, 4.69) is 5.32 Å². The summed E-state index contributed by atoms with van der Waals surface area (Å²) >= 11 is 11.8. The van der Waals surface area contributed by atoms with Crippen LogP contribution in [0.1, 0.15) is 24.8 Å². The zero-order valence-electron chi connectivity index (χ0n) is 11.6. The van der Waals surface area contributed by atoms with E-state index in [0.29, 0.717) is 29.6 Å². The van der Waals surface area contributed by atoms with E-state index in [9.17, 15) is 9.59 Å². The fourth-order valence-corrected chi connectivity index (χ4v) is 2.64. The molecule has 1 fully saturated rings. The summed E-state index contributed by atoms with van der Waals surface area (Å²) in [6.07, 6.45) is 0.711. The summed E-state index contributed by atoms with van der Waals surface area (Å²) < 4.78 is 0. The number of nitrogens with two attached hydrogens (primary N) is 1. The van der Waals surface area contributed by atoms with Crippen LogP contribution in [0.2, 0.25) is 10.0 Å². The molecule has 0 spiro atoms. The Bertz CT molecular complexity index is 565. The molecule has 0 aliphatic carbocycles. The number of amides is 3. The van der Waals surface area contributed by atoms with E-state index in [1.165, 1.54) is 4.90 Å². The molecular weight excluding hydrogens is 313 g/mol. The summed E-state index contributed by atoms with van der Waals surface area (Å²) in [5, 5.41) is 3.82. The van der Waals surface area contributed by atoms with Crippen LogP contribution < -0.4 is 11.1 Å². The lowest BCUT2D eigenvalue weighted by Crippen LogP contribution is -2.41. The van der Waals surface area contributed by atoms with Gasteiger partial charge in [0, 0.05) is 19.1 Å². The molecule has 1 aromatic carbocycles. The lowest BCUT2D eigenvalue weighted by molar-refractivity contribution is -0.122. The number of nitrogens with one attached hydrogen (secondary N) is 1. The van der Waals surface area contributed by atoms with Crippen molar-refractivity contribution in [3.05, 3.63) is 33.8 Å². The van der Waals surface area contributed by atoms with Crippen LogP contribution >= 0.6 is 23.2 Å². The number of hydrogen-bond acceptors (Lipinski definition) is 2. The van der Waals surface area contributed by atoms with E-state index in [1.54, 1.807) is 25.1 Å². The highest BCUT2D eigenvalue weighted by atomic mass is 35.5. The van der Waals surface area contributed by atoms with Gasteiger partial charge in [-0.05, 0) is 31.0 Å². The molecule has 2 rings (SSSR count). The first kappa shape index (κ1) is 15.9. The first-order valence-corrected chi connectivity index (χ1v) is 7.43. The Hall–Kier alpha value is -1.46. The van der Waals surface area contributed by atoms with Gasteiger partial charge in [0.15, 0.2) is 0 Å². The number of primary amides is 1. The highest BCUT2D eigenvalue weighted by molar-refractivity contribution is 6.42. The van der Waals surface area contributed by atoms with Crippen molar-refractivity contribution in [1.82, 2.24) is 10.2 Å². The summed E-state index contributed by atoms with van der Waals surface area (Å²) in [5.74, 6) is -0.452. The fraction of sp³-hybridized carbons (Fsp3) is 0.429. The van der Waals surface area contributed by atoms with Crippen LogP contribution in [0.3, 0.4) is 0 Å². The largest absolute Gasteiger partial charge is 0.351 e. The maximum absolute atomic E-state index is 12.3. The van der Waals surface area contributed by atoms with Crippen LogP contribution in [0, 0.1) is 0 Å². The highest BCUT2D eigenvalue weighted by Gasteiger charge is 2.27. The van der Waals surface area contributed by atoms with E-state index in [-0.39, 0.29) is 17.9 Å². The standard InChI is InChI=1S/C14H17Cl2N3O2/c1-8(9-2-3-11(15)12(16)6-9)13(20)18-10-4-5-19(7-10)14(17)21/h2-3,6,8,10H,4-5,7H2,1H3,(H2,17,21)(H,18,20)/t8-,10-/m1/s1. The normalized spacial score (nSPS) is 19.4. The molecule has 1 aliphatic rings. The highest BCUT2D eigenvalue weighted by Crippen LogP contribution is 2.26. The molecule has 1 aliphatic heterocycles. The zero-order valence-corrected chi connectivity index (χ0v) is 13.1. The monoisotopic (exact) mass is 329 g/mol. The Morgan fingerprint density at radius 2 is 2.10 bits per heavy atom. The molecule has 5 nitrogen and oxygen atoms in total. The molecule has 21 heavy (non-hydrogen) atoms. The van der Waals surface area contributed by atoms with Gasteiger partial charge in [-0.15, -0.1) is 0 Å². The summed E-state index contributed by atoms with van der Waals surface area (Å²) in [5.41, 5.74) is 6.02. The van der Waals surface area contributed by atoms with Crippen molar-refractivity contribution in [2.75, 3.05) is 13.1 Å². The zero-order chi connectivity index (χ0) is 15.6. The van der Waals surface area contributed by atoms with E-state index in [4.69, 9.17) is 28.9 Å². The van der Waals surface area contributed by atoms with Crippen LogP contribution in [0.25, 0.3) is 0 Å². The lowest BCUT2D eigenvalue weighted by Gasteiger charge is -2.18. The second-order valence-corrected chi connectivity index (χ2v) is 5.99. The molecular formula is C14H17Cl2N3O2. The number of rotatable bonds is 3. The van der Waals surface area contributed by atoms with Gasteiger partial charge in [0.05, 0.1) is 16.0 Å². The van der Waals surface area contributed by atoms with Gasteiger partial charge < -0.3 is 16.0 Å². The molecule has 0 unspecified atom stereocenters. The van der Waals surface area contributed by atoms with Gasteiger partial charge in [-0.1, -0.05) is 29.3 Å². The van der Waals surface area contributed by atoms with Crippen molar-refractivity contribution >= 4 is 35.1 Å². The van der Waals surface area contributed by atoms with Gasteiger partial charge in [-0.25, -0.2) is 4.79 Å². The Morgan fingerprint density at radius 3 is 2.67 bits per heavy atom. The minimum atomic E-state index is -0.454. The van der Waals surface area contributed by atoms with Crippen LogP contribution in [-0.2, 0) is 4.79 Å². The summed E-state index contributed by atoms with van der Waals surface area (Å²) in [6, 6.07) is 4.63. The number of benzene rings is 1. The molecule has 0 aromatic heterocycles. The number of halogens is 2. The van der Waals surface area contributed by atoms with Crippen molar-refractivity contribution in [3.8, 4) is 0 Å². The Kier molecular flexibility index (Phi) is 4.96. The number of urea groups is 1. The average Bonchev–Trinajstić information content (AvgIpc) is 2.89. The van der Waals surface area contributed by atoms with Crippen molar-refractivity contribution < 1.29 is 9.59 Å². The smallest absolute Gasteiger partial charge is 0.314 e. The second kappa shape index (κ2) is 6.54. The van der Waals surface area contributed by atoms with Crippen LogP contribution in [0.5, 0.6) is 0 Å². The third kappa shape index (κ3) is 3.80. The quantitative estimate of drug-likeness (QED) is 0.893. The summed E-state index contributed by atoms with van der Waals surface area (Å²) in [4.78, 5) is 24.8. The van der Waals surface area contributed by atoms with Crippen molar-refractivity contribution in [2.24, 2.45) is 5.73 Å². The van der Waals surface area contributed by atoms with Crippen molar-refractivity contribution in [3.63, 3.8) is 0 Å². The van der Waals surface area contributed by atoms with Gasteiger partial charge in [0.2, 0.25) is 5.91 Å². The van der Waals surface area contributed by atoms with Crippen LogP contribution in [0.4, 0.5) is 4.79 Å². The third-order valence-corrected chi connectivity index (χ3v) is 4.42. The molecule has 1 saturated heterocycles. The van der Waals surface area contributed by atoms with Gasteiger partial charge in [-0.2, -0.15) is 0 Å². The minimum absolute atomic E-state index is 0.0600. The van der Waals surface area contributed by atoms with Crippen LogP contribution in [0.15, 0.2) is 18.2 Å². The van der Waals surface area contributed by atoms with E-state index in [0.717, 1.165) is 5.56 Å². The lowest BCUT2D eigenvalue weighted by atomic mass is 10.00. The molecule has 2 atom stereocenters.